The second-order valence-electron chi connectivity index (χ2n) is 4.14. The molecule has 0 aliphatic rings. The zero-order chi connectivity index (χ0) is 12.4. The lowest BCUT2D eigenvalue weighted by atomic mass is 10.1. The highest BCUT2D eigenvalue weighted by molar-refractivity contribution is 14.1. The van der Waals surface area contributed by atoms with Gasteiger partial charge in [-0.25, -0.2) is 4.98 Å². The third-order valence-electron chi connectivity index (χ3n) is 2.20. The predicted octanol–water partition coefficient (Wildman–Crippen LogP) is 2.70. The summed E-state index contributed by atoms with van der Waals surface area (Å²) in [5.74, 6) is 1.10. The Bertz CT molecular complexity index is 563. The molecule has 0 fully saturated rings. The van der Waals surface area contributed by atoms with Gasteiger partial charge in [0.25, 0.3) is 5.56 Å². The molecule has 0 radical (unpaired) electrons. The molecule has 2 rings (SSSR count). The molecule has 0 atom stereocenters. The van der Waals surface area contributed by atoms with E-state index in [0.29, 0.717) is 15.3 Å². The molecule has 1 N–H and O–H groups in total. The first-order valence-corrected chi connectivity index (χ1v) is 7.21. The topological polar surface area (TPSA) is 58.6 Å². The first-order valence-electron chi connectivity index (χ1n) is 5.25. The molecule has 2 heterocycles. The molecule has 2 aromatic rings. The summed E-state index contributed by atoms with van der Waals surface area (Å²) in [6.45, 7) is 4.23. The van der Waals surface area contributed by atoms with Crippen LogP contribution in [0, 0.1) is 9.49 Å². The average molecular weight is 361 g/mol. The van der Waals surface area contributed by atoms with Crippen LogP contribution in [-0.2, 0) is 6.42 Å². The number of nitrogens with one attached hydrogen (secondary N) is 1. The second kappa shape index (κ2) is 5.26. The van der Waals surface area contributed by atoms with Crippen LogP contribution in [0.4, 0.5) is 0 Å². The summed E-state index contributed by atoms with van der Waals surface area (Å²) in [6, 6.07) is 0. The Kier molecular flexibility index (Phi) is 3.93. The molecule has 0 bridgehead atoms. The van der Waals surface area contributed by atoms with Gasteiger partial charge in [0.2, 0.25) is 0 Å². The molecule has 90 valence electrons. The summed E-state index contributed by atoms with van der Waals surface area (Å²) < 4.78 is 0.685. The van der Waals surface area contributed by atoms with Crippen molar-refractivity contribution >= 4 is 33.9 Å². The predicted molar refractivity (Wildman–Crippen MR) is 77.2 cm³/mol. The van der Waals surface area contributed by atoms with Gasteiger partial charge < -0.3 is 4.98 Å². The normalized spacial score (nSPS) is 11.1. The molecule has 0 aromatic carbocycles. The molecular weight excluding hydrogens is 349 g/mol. The Labute approximate surface area is 117 Å². The van der Waals surface area contributed by atoms with Crippen molar-refractivity contribution in [2.75, 3.05) is 0 Å². The Morgan fingerprint density at radius 3 is 2.88 bits per heavy atom. The minimum atomic E-state index is -0.0698. The molecule has 0 saturated heterocycles. The van der Waals surface area contributed by atoms with E-state index in [2.05, 4.69) is 51.4 Å². The molecule has 4 nitrogen and oxygen atoms in total. The highest BCUT2D eigenvalue weighted by atomic mass is 127. The number of thiazole rings is 1. The maximum atomic E-state index is 11.8. The highest BCUT2D eigenvalue weighted by Crippen LogP contribution is 2.20. The van der Waals surface area contributed by atoms with Crippen LogP contribution >= 0.6 is 33.9 Å². The third kappa shape index (κ3) is 2.92. The number of aromatic nitrogens is 3. The second-order valence-corrected chi connectivity index (χ2v) is 6.10. The fourth-order valence-electron chi connectivity index (χ4n) is 1.48. The van der Waals surface area contributed by atoms with Crippen molar-refractivity contribution in [2.45, 2.75) is 20.3 Å². The largest absolute Gasteiger partial charge is 0.305 e. The summed E-state index contributed by atoms with van der Waals surface area (Å²) in [7, 11) is 0. The number of rotatable bonds is 3. The smallest absolute Gasteiger partial charge is 0.264 e. The Hall–Kier alpha value is -0.760. The fraction of sp³-hybridized carbons (Fsp3) is 0.364. The number of nitrogens with zero attached hydrogens (tertiary/aromatic N) is 2. The first-order chi connectivity index (χ1) is 8.08. The van der Waals surface area contributed by atoms with Crippen LogP contribution in [0.2, 0.25) is 0 Å². The molecular formula is C11H12IN3OS. The van der Waals surface area contributed by atoms with Gasteiger partial charge in [0.15, 0.2) is 5.82 Å². The minimum Gasteiger partial charge on any atom is -0.305 e. The van der Waals surface area contributed by atoms with Crippen molar-refractivity contribution in [3.63, 3.8) is 0 Å². The van der Waals surface area contributed by atoms with Crippen LogP contribution < -0.4 is 5.56 Å². The highest BCUT2D eigenvalue weighted by Gasteiger charge is 2.12. The molecule has 6 heteroatoms. The van der Waals surface area contributed by atoms with Gasteiger partial charge in [-0.3, -0.25) is 9.78 Å². The molecule has 0 spiro atoms. The molecule has 0 unspecified atom stereocenters. The van der Waals surface area contributed by atoms with E-state index < -0.39 is 0 Å². The summed E-state index contributed by atoms with van der Waals surface area (Å²) in [4.78, 5) is 24.0. The van der Waals surface area contributed by atoms with Crippen molar-refractivity contribution in [3.05, 3.63) is 31.3 Å². The summed E-state index contributed by atoms with van der Waals surface area (Å²) in [5.41, 5.74) is 2.53. The summed E-state index contributed by atoms with van der Waals surface area (Å²) >= 11 is 3.53. The van der Waals surface area contributed by atoms with Crippen LogP contribution in [0.15, 0.2) is 16.5 Å². The number of aromatic amines is 1. The van der Waals surface area contributed by atoms with Gasteiger partial charge in [-0.1, -0.05) is 13.8 Å². The maximum absolute atomic E-state index is 11.8. The van der Waals surface area contributed by atoms with Crippen LogP contribution in [-0.4, -0.2) is 15.0 Å². The van der Waals surface area contributed by atoms with E-state index in [1.807, 2.05) is 0 Å². The Morgan fingerprint density at radius 2 is 2.29 bits per heavy atom. The molecule has 0 aliphatic carbocycles. The monoisotopic (exact) mass is 361 g/mol. The van der Waals surface area contributed by atoms with E-state index in [1.54, 1.807) is 11.7 Å². The average Bonchev–Trinajstić information content (AvgIpc) is 2.77. The third-order valence-corrected chi connectivity index (χ3v) is 4.09. The van der Waals surface area contributed by atoms with E-state index in [-0.39, 0.29) is 5.56 Å². The van der Waals surface area contributed by atoms with E-state index in [0.717, 1.165) is 17.0 Å². The van der Waals surface area contributed by atoms with E-state index in [4.69, 9.17) is 0 Å². The molecule has 17 heavy (non-hydrogen) atoms. The zero-order valence-electron chi connectivity index (χ0n) is 9.53. The van der Waals surface area contributed by atoms with E-state index in [9.17, 15) is 4.79 Å². The minimum absolute atomic E-state index is 0.0698. The van der Waals surface area contributed by atoms with Crippen molar-refractivity contribution in [1.29, 1.82) is 0 Å². The number of hydrogen-bond donors (Lipinski definition) is 1. The van der Waals surface area contributed by atoms with Crippen LogP contribution in [0.25, 0.3) is 10.7 Å². The van der Waals surface area contributed by atoms with Crippen LogP contribution in [0.3, 0.4) is 0 Å². The van der Waals surface area contributed by atoms with Crippen molar-refractivity contribution in [3.8, 4) is 10.7 Å². The van der Waals surface area contributed by atoms with Crippen LogP contribution in [0.5, 0.6) is 0 Å². The van der Waals surface area contributed by atoms with Gasteiger partial charge in [-0.15, -0.1) is 11.3 Å². The standard InChI is InChI=1S/C11H12IN3OS/c1-6(2)3-7-9(12)11(16)15-10(14-7)8-4-13-5-17-8/h4-6H,3H2,1-2H3,(H,14,15,16). The summed E-state index contributed by atoms with van der Waals surface area (Å²) in [6.07, 6.45) is 2.53. The molecule has 0 aliphatic heterocycles. The number of hydrogen-bond acceptors (Lipinski definition) is 4. The Morgan fingerprint density at radius 1 is 1.53 bits per heavy atom. The van der Waals surface area contributed by atoms with Gasteiger partial charge in [0, 0.05) is 6.20 Å². The van der Waals surface area contributed by atoms with Crippen molar-refractivity contribution in [2.24, 2.45) is 5.92 Å². The SMILES string of the molecule is CC(C)Cc1nc(-c2cncs2)[nH]c(=O)c1I. The van der Waals surface area contributed by atoms with Crippen LogP contribution in [0.1, 0.15) is 19.5 Å². The molecule has 0 saturated carbocycles. The van der Waals surface area contributed by atoms with Gasteiger partial charge in [0.1, 0.15) is 0 Å². The number of halogens is 1. The number of H-pyrrole nitrogens is 1. The van der Waals surface area contributed by atoms with Gasteiger partial charge in [0.05, 0.1) is 19.7 Å². The van der Waals surface area contributed by atoms with Crippen molar-refractivity contribution in [1.82, 2.24) is 15.0 Å². The fourth-order valence-corrected chi connectivity index (χ4v) is 2.52. The van der Waals surface area contributed by atoms with Gasteiger partial charge >= 0.3 is 0 Å². The van der Waals surface area contributed by atoms with E-state index >= 15 is 0 Å². The Balaban J connectivity index is 2.50. The van der Waals surface area contributed by atoms with Crippen molar-refractivity contribution < 1.29 is 0 Å². The lowest BCUT2D eigenvalue weighted by Crippen LogP contribution is -2.17. The van der Waals surface area contributed by atoms with Gasteiger partial charge in [-0.2, -0.15) is 0 Å². The maximum Gasteiger partial charge on any atom is 0.264 e. The van der Waals surface area contributed by atoms with E-state index in [1.165, 1.54) is 11.3 Å². The first kappa shape index (κ1) is 12.7. The molecule has 0 amide bonds. The van der Waals surface area contributed by atoms with Gasteiger partial charge in [-0.05, 0) is 34.9 Å². The lowest BCUT2D eigenvalue weighted by molar-refractivity contribution is 0.631. The summed E-state index contributed by atoms with van der Waals surface area (Å²) in [5, 5.41) is 0. The lowest BCUT2D eigenvalue weighted by Gasteiger charge is -2.07. The molecule has 2 aromatic heterocycles. The quantitative estimate of drug-likeness (QED) is 0.856. The zero-order valence-corrected chi connectivity index (χ0v) is 12.5.